The Kier molecular flexibility index (Phi) is 2.51. The maximum absolute atomic E-state index is 8.74. The highest BCUT2D eigenvalue weighted by Gasteiger charge is 2.12. The lowest BCUT2D eigenvalue weighted by Gasteiger charge is -2.12. The standard InChI is InChI=1S/C7H10N4S/c1-3-11(2)7-5(4-8)6(9)10-12-7/h3H2,1-2H3,(H2,9,10). The third-order valence-corrected chi connectivity index (χ3v) is 2.61. The highest BCUT2D eigenvalue weighted by atomic mass is 32.1. The zero-order valence-corrected chi connectivity index (χ0v) is 7.85. The van der Waals surface area contributed by atoms with Crippen LogP contribution >= 0.6 is 11.5 Å². The van der Waals surface area contributed by atoms with E-state index in [1.165, 1.54) is 11.5 Å². The largest absolute Gasteiger partial charge is 0.382 e. The van der Waals surface area contributed by atoms with Crippen molar-refractivity contribution in [1.29, 1.82) is 5.26 Å². The molecule has 0 bridgehead atoms. The predicted molar refractivity (Wildman–Crippen MR) is 50.2 cm³/mol. The van der Waals surface area contributed by atoms with Gasteiger partial charge in [-0.3, -0.25) is 0 Å². The molecule has 0 aromatic carbocycles. The molecule has 0 saturated heterocycles. The van der Waals surface area contributed by atoms with Crippen molar-refractivity contribution in [2.45, 2.75) is 6.92 Å². The Labute approximate surface area is 75.4 Å². The molecule has 0 unspecified atom stereocenters. The summed E-state index contributed by atoms with van der Waals surface area (Å²) in [7, 11) is 1.91. The first-order valence-electron chi connectivity index (χ1n) is 3.57. The minimum atomic E-state index is 0.331. The van der Waals surface area contributed by atoms with Crippen LogP contribution in [-0.2, 0) is 0 Å². The number of hydrogen-bond acceptors (Lipinski definition) is 5. The van der Waals surface area contributed by atoms with E-state index in [9.17, 15) is 0 Å². The molecule has 0 fully saturated rings. The highest BCUT2D eigenvalue weighted by Crippen LogP contribution is 2.28. The molecule has 5 heteroatoms. The van der Waals surface area contributed by atoms with E-state index < -0.39 is 0 Å². The maximum Gasteiger partial charge on any atom is 0.157 e. The van der Waals surface area contributed by atoms with Gasteiger partial charge in [0.05, 0.1) is 0 Å². The van der Waals surface area contributed by atoms with Gasteiger partial charge < -0.3 is 10.6 Å². The minimum absolute atomic E-state index is 0.331. The van der Waals surface area contributed by atoms with Gasteiger partial charge in [-0.15, -0.1) is 0 Å². The summed E-state index contributed by atoms with van der Waals surface area (Å²) >= 11 is 1.26. The second-order valence-electron chi connectivity index (χ2n) is 2.37. The zero-order chi connectivity index (χ0) is 9.14. The van der Waals surface area contributed by atoms with Crippen LogP contribution in [0.25, 0.3) is 0 Å². The van der Waals surface area contributed by atoms with Crippen LogP contribution in [0.2, 0.25) is 0 Å². The molecule has 64 valence electrons. The Bertz CT molecular complexity index is 312. The molecule has 1 aromatic rings. The quantitative estimate of drug-likeness (QED) is 0.742. The number of rotatable bonds is 2. The van der Waals surface area contributed by atoms with Crippen LogP contribution in [0.5, 0.6) is 0 Å². The minimum Gasteiger partial charge on any atom is -0.382 e. The van der Waals surface area contributed by atoms with Crippen LogP contribution in [0.4, 0.5) is 10.8 Å². The van der Waals surface area contributed by atoms with E-state index in [0.29, 0.717) is 11.4 Å². The van der Waals surface area contributed by atoms with Gasteiger partial charge in [0.1, 0.15) is 16.6 Å². The van der Waals surface area contributed by atoms with Crippen molar-refractivity contribution in [3.8, 4) is 6.07 Å². The summed E-state index contributed by atoms with van der Waals surface area (Å²) in [4.78, 5) is 1.95. The molecule has 0 aliphatic heterocycles. The van der Waals surface area contributed by atoms with Crippen LogP contribution in [0.3, 0.4) is 0 Å². The van der Waals surface area contributed by atoms with Gasteiger partial charge in [0, 0.05) is 13.6 Å². The first kappa shape index (κ1) is 8.81. The van der Waals surface area contributed by atoms with Crippen molar-refractivity contribution in [2.24, 2.45) is 0 Å². The number of hydrogen-bond donors (Lipinski definition) is 1. The van der Waals surface area contributed by atoms with Gasteiger partial charge in [0.2, 0.25) is 0 Å². The van der Waals surface area contributed by atoms with Gasteiger partial charge in [-0.1, -0.05) is 0 Å². The van der Waals surface area contributed by atoms with Crippen molar-refractivity contribution in [3.05, 3.63) is 5.56 Å². The number of aromatic nitrogens is 1. The van der Waals surface area contributed by atoms with Crippen LogP contribution in [-0.4, -0.2) is 18.0 Å². The van der Waals surface area contributed by atoms with Gasteiger partial charge in [-0.2, -0.15) is 9.64 Å². The van der Waals surface area contributed by atoms with Crippen molar-refractivity contribution >= 4 is 22.4 Å². The van der Waals surface area contributed by atoms with Gasteiger partial charge in [0.25, 0.3) is 0 Å². The highest BCUT2D eigenvalue weighted by molar-refractivity contribution is 7.10. The van der Waals surface area contributed by atoms with Crippen molar-refractivity contribution < 1.29 is 0 Å². The van der Waals surface area contributed by atoms with Gasteiger partial charge in [-0.25, -0.2) is 0 Å². The number of anilines is 2. The van der Waals surface area contributed by atoms with Gasteiger partial charge >= 0.3 is 0 Å². The molecule has 2 N–H and O–H groups in total. The molecule has 1 aromatic heterocycles. The molecule has 0 aliphatic rings. The molecule has 12 heavy (non-hydrogen) atoms. The molecule has 0 atom stereocenters. The fourth-order valence-electron chi connectivity index (χ4n) is 0.803. The Hall–Kier alpha value is -1.28. The first-order chi connectivity index (χ1) is 5.70. The molecule has 0 spiro atoms. The molecule has 0 saturated carbocycles. The van der Waals surface area contributed by atoms with E-state index in [4.69, 9.17) is 11.0 Å². The third-order valence-electron chi connectivity index (χ3n) is 1.63. The third kappa shape index (κ3) is 1.34. The number of nitrogen functional groups attached to an aromatic ring is 1. The van der Waals surface area contributed by atoms with Gasteiger partial charge in [0.15, 0.2) is 5.82 Å². The Morgan fingerprint density at radius 1 is 1.75 bits per heavy atom. The maximum atomic E-state index is 8.74. The zero-order valence-electron chi connectivity index (χ0n) is 7.03. The fourth-order valence-corrected chi connectivity index (χ4v) is 1.59. The van der Waals surface area contributed by atoms with E-state index >= 15 is 0 Å². The summed E-state index contributed by atoms with van der Waals surface area (Å²) < 4.78 is 3.91. The van der Waals surface area contributed by atoms with E-state index in [1.807, 2.05) is 24.9 Å². The van der Waals surface area contributed by atoms with Crippen LogP contribution in [0.15, 0.2) is 0 Å². The average molecular weight is 182 g/mol. The monoisotopic (exact) mass is 182 g/mol. The topological polar surface area (TPSA) is 65.9 Å². The predicted octanol–water partition coefficient (Wildman–Crippen LogP) is 1.05. The number of nitrogens with zero attached hydrogens (tertiary/aromatic N) is 3. The summed E-state index contributed by atoms with van der Waals surface area (Å²) in [5.41, 5.74) is 5.98. The summed E-state index contributed by atoms with van der Waals surface area (Å²) in [5.74, 6) is 0.331. The molecule has 0 amide bonds. The fraction of sp³-hybridized carbons (Fsp3) is 0.429. The molecular weight excluding hydrogens is 172 g/mol. The summed E-state index contributed by atoms with van der Waals surface area (Å²) in [6.07, 6.45) is 0. The number of nitriles is 1. The normalized spacial score (nSPS) is 9.42. The Morgan fingerprint density at radius 2 is 2.42 bits per heavy atom. The number of nitrogens with two attached hydrogens (primary N) is 1. The smallest absolute Gasteiger partial charge is 0.157 e. The second-order valence-corrected chi connectivity index (χ2v) is 3.13. The van der Waals surface area contributed by atoms with Gasteiger partial charge in [-0.05, 0) is 18.5 Å². The van der Waals surface area contributed by atoms with Crippen molar-refractivity contribution in [3.63, 3.8) is 0 Å². The van der Waals surface area contributed by atoms with E-state index in [1.54, 1.807) is 0 Å². The lowest BCUT2D eigenvalue weighted by atomic mass is 10.3. The SMILES string of the molecule is CCN(C)c1snc(N)c1C#N. The summed E-state index contributed by atoms with van der Waals surface area (Å²) in [6.45, 7) is 2.85. The lowest BCUT2D eigenvalue weighted by molar-refractivity contribution is 0.980. The average Bonchev–Trinajstić information content (AvgIpc) is 2.45. The molecule has 0 aliphatic carbocycles. The molecule has 0 radical (unpaired) electrons. The van der Waals surface area contributed by atoms with Crippen molar-refractivity contribution in [2.75, 3.05) is 24.2 Å². The molecule has 4 nitrogen and oxygen atoms in total. The molecule has 1 heterocycles. The van der Waals surface area contributed by atoms with Crippen molar-refractivity contribution in [1.82, 2.24) is 4.37 Å². The summed E-state index contributed by atoms with van der Waals surface area (Å²) in [6, 6.07) is 2.04. The van der Waals surface area contributed by atoms with E-state index in [-0.39, 0.29) is 0 Å². The lowest BCUT2D eigenvalue weighted by Crippen LogP contribution is -2.15. The molecule has 1 rings (SSSR count). The van der Waals surface area contributed by atoms with E-state index in [2.05, 4.69) is 4.37 Å². The molecular formula is C7H10N4S. The second kappa shape index (κ2) is 3.41. The van der Waals surface area contributed by atoms with E-state index in [0.717, 1.165) is 11.5 Å². The van der Waals surface area contributed by atoms with Crippen LogP contribution < -0.4 is 10.6 Å². The summed E-state index contributed by atoms with van der Waals surface area (Å²) in [5, 5.41) is 9.59. The Balaban J connectivity index is 3.09. The van der Waals surface area contributed by atoms with Crippen LogP contribution in [0, 0.1) is 11.3 Å². The van der Waals surface area contributed by atoms with Crippen LogP contribution in [0.1, 0.15) is 12.5 Å². The first-order valence-corrected chi connectivity index (χ1v) is 4.34. The Morgan fingerprint density at radius 3 is 2.92 bits per heavy atom.